The van der Waals surface area contributed by atoms with Crippen molar-refractivity contribution in [1.29, 1.82) is 0 Å². The Kier molecular flexibility index (Phi) is 4.21. The van der Waals surface area contributed by atoms with Crippen LogP contribution in [0.5, 0.6) is 0 Å². The Balaban J connectivity index is 1.45. The Hall–Kier alpha value is -2.71. The standard InChI is InChI=1S/C17H21N5O4/c1-21-15(23)12(8-18-17(21)25)16(24)22-6-2-3-10(9-22)7-13-19-14(20-26-13)11-4-5-11/h8,10-11H,2-7,9H2,1H3,(H,18,25)/t10-/m0/s1. The zero-order chi connectivity index (χ0) is 18.3. The number of piperidine rings is 1. The molecule has 0 spiro atoms. The average Bonchev–Trinajstić information content (AvgIpc) is 3.39. The summed E-state index contributed by atoms with van der Waals surface area (Å²) in [6.45, 7) is 1.12. The maximum absolute atomic E-state index is 12.7. The number of aromatic nitrogens is 4. The third-order valence-electron chi connectivity index (χ3n) is 5.11. The number of hydrogen-bond donors (Lipinski definition) is 1. The van der Waals surface area contributed by atoms with Gasteiger partial charge in [-0.25, -0.2) is 4.79 Å². The lowest BCUT2D eigenvalue weighted by Crippen LogP contribution is -2.44. The van der Waals surface area contributed by atoms with Gasteiger partial charge in [0.25, 0.3) is 11.5 Å². The minimum Gasteiger partial charge on any atom is -0.339 e. The lowest BCUT2D eigenvalue weighted by atomic mass is 9.94. The van der Waals surface area contributed by atoms with Gasteiger partial charge in [0.2, 0.25) is 5.89 Å². The smallest absolute Gasteiger partial charge is 0.328 e. The summed E-state index contributed by atoms with van der Waals surface area (Å²) in [6.07, 6.45) is 5.90. The molecule has 1 aliphatic carbocycles. The van der Waals surface area contributed by atoms with E-state index in [1.807, 2.05) is 0 Å². The molecule has 2 aromatic heterocycles. The maximum Gasteiger partial charge on any atom is 0.328 e. The SMILES string of the molecule is Cn1c(=O)[nH]cc(C(=O)N2CCC[C@@H](Cc3nc(C4CC4)no3)C2)c1=O. The molecule has 26 heavy (non-hydrogen) atoms. The maximum atomic E-state index is 12.7. The molecule has 1 atom stereocenters. The van der Waals surface area contributed by atoms with Gasteiger partial charge >= 0.3 is 5.69 Å². The Morgan fingerprint density at radius 1 is 1.35 bits per heavy atom. The zero-order valence-corrected chi connectivity index (χ0v) is 14.6. The van der Waals surface area contributed by atoms with Crippen LogP contribution in [0.3, 0.4) is 0 Å². The van der Waals surface area contributed by atoms with Crippen molar-refractivity contribution < 1.29 is 9.32 Å². The Labute approximate surface area is 149 Å². The summed E-state index contributed by atoms with van der Waals surface area (Å²) in [5, 5.41) is 4.03. The molecule has 1 aliphatic heterocycles. The molecule has 9 nitrogen and oxygen atoms in total. The number of likely N-dealkylation sites (tertiary alicyclic amines) is 1. The van der Waals surface area contributed by atoms with E-state index in [1.54, 1.807) is 4.90 Å². The van der Waals surface area contributed by atoms with Crippen LogP contribution in [-0.2, 0) is 13.5 Å². The Morgan fingerprint density at radius 2 is 2.15 bits per heavy atom. The van der Waals surface area contributed by atoms with E-state index >= 15 is 0 Å². The summed E-state index contributed by atoms with van der Waals surface area (Å²) in [6, 6.07) is 0. The monoisotopic (exact) mass is 359 g/mol. The molecule has 138 valence electrons. The molecule has 2 aromatic rings. The fraction of sp³-hybridized carbons (Fsp3) is 0.588. The summed E-state index contributed by atoms with van der Waals surface area (Å²) in [7, 11) is 1.35. The summed E-state index contributed by atoms with van der Waals surface area (Å²) in [5.74, 6) is 1.72. The van der Waals surface area contributed by atoms with E-state index < -0.39 is 11.2 Å². The van der Waals surface area contributed by atoms with Crippen molar-refractivity contribution >= 4 is 5.91 Å². The van der Waals surface area contributed by atoms with Crippen LogP contribution in [-0.4, -0.2) is 43.6 Å². The van der Waals surface area contributed by atoms with Gasteiger partial charge in [0.05, 0.1) is 0 Å². The molecule has 3 heterocycles. The Bertz CT molecular complexity index is 939. The molecule has 0 bridgehead atoms. The summed E-state index contributed by atoms with van der Waals surface area (Å²) in [5.41, 5.74) is -1.13. The van der Waals surface area contributed by atoms with E-state index in [0.29, 0.717) is 31.3 Å². The first-order valence-electron chi connectivity index (χ1n) is 8.93. The zero-order valence-electron chi connectivity index (χ0n) is 14.6. The lowest BCUT2D eigenvalue weighted by molar-refractivity contribution is 0.0665. The van der Waals surface area contributed by atoms with Crippen molar-refractivity contribution in [2.24, 2.45) is 13.0 Å². The van der Waals surface area contributed by atoms with E-state index in [1.165, 1.54) is 13.2 Å². The normalized spacial score (nSPS) is 20.3. The highest BCUT2D eigenvalue weighted by Crippen LogP contribution is 2.38. The van der Waals surface area contributed by atoms with Crippen LogP contribution in [0.15, 0.2) is 20.3 Å². The van der Waals surface area contributed by atoms with Crippen molar-refractivity contribution in [1.82, 2.24) is 24.6 Å². The number of nitrogens with zero attached hydrogens (tertiary/aromatic N) is 4. The van der Waals surface area contributed by atoms with Gasteiger partial charge in [0, 0.05) is 38.7 Å². The number of carbonyl (C=O) groups excluding carboxylic acids is 1. The second-order valence-electron chi connectivity index (χ2n) is 7.16. The number of carbonyl (C=O) groups is 1. The van der Waals surface area contributed by atoms with Crippen LogP contribution in [0.1, 0.15) is 53.7 Å². The summed E-state index contributed by atoms with van der Waals surface area (Å²) in [4.78, 5) is 44.9. The molecular weight excluding hydrogens is 338 g/mol. The molecule has 0 radical (unpaired) electrons. The Morgan fingerprint density at radius 3 is 2.92 bits per heavy atom. The van der Waals surface area contributed by atoms with Crippen molar-refractivity contribution in [2.75, 3.05) is 13.1 Å². The second-order valence-corrected chi connectivity index (χ2v) is 7.16. The van der Waals surface area contributed by atoms with Gasteiger partial charge in [-0.05, 0) is 31.6 Å². The molecular formula is C17H21N5O4. The van der Waals surface area contributed by atoms with Crippen LogP contribution in [0, 0.1) is 5.92 Å². The van der Waals surface area contributed by atoms with Crippen LogP contribution in [0.4, 0.5) is 0 Å². The van der Waals surface area contributed by atoms with E-state index in [4.69, 9.17) is 4.52 Å². The van der Waals surface area contributed by atoms with E-state index in [-0.39, 0.29) is 17.4 Å². The van der Waals surface area contributed by atoms with Crippen LogP contribution < -0.4 is 11.2 Å². The minimum absolute atomic E-state index is 0.0124. The molecule has 1 saturated heterocycles. The number of H-pyrrole nitrogens is 1. The fourth-order valence-corrected chi connectivity index (χ4v) is 3.41. The van der Waals surface area contributed by atoms with Crippen molar-refractivity contribution in [3.8, 4) is 0 Å². The number of nitrogens with one attached hydrogen (secondary N) is 1. The van der Waals surface area contributed by atoms with Crippen molar-refractivity contribution in [3.63, 3.8) is 0 Å². The molecule has 1 amide bonds. The molecule has 1 saturated carbocycles. The molecule has 4 rings (SSSR count). The quantitative estimate of drug-likeness (QED) is 0.847. The van der Waals surface area contributed by atoms with Gasteiger partial charge in [0.15, 0.2) is 5.82 Å². The van der Waals surface area contributed by atoms with Crippen LogP contribution in [0.2, 0.25) is 0 Å². The van der Waals surface area contributed by atoms with Gasteiger partial charge in [-0.1, -0.05) is 5.16 Å². The number of hydrogen-bond acceptors (Lipinski definition) is 6. The topological polar surface area (TPSA) is 114 Å². The molecule has 1 N–H and O–H groups in total. The first kappa shape index (κ1) is 16.7. The third-order valence-corrected chi connectivity index (χ3v) is 5.11. The average molecular weight is 359 g/mol. The second kappa shape index (κ2) is 6.54. The molecule has 9 heteroatoms. The van der Waals surface area contributed by atoms with Gasteiger partial charge in [-0.15, -0.1) is 0 Å². The van der Waals surface area contributed by atoms with Crippen molar-refractivity contribution in [2.45, 2.75) is 38.0 Å². The number of amides is 1. The molecule has 2 aliphatic rings. The lowest BCUT2D eigenvalue weighted by Gasteiger charge is -2.32. The number of aromatic amines is 1. The summed E-state index contributed by atoms with van der Waals surface area (Å²) >= 11 is 0. The van der Waals surface area contributed by atoms with E-state index in [0.717, 1.165) is 36.1 Å². The van der Waals surface area contributed by atoms with Gasteiger partial charge < -0.3 is 14.4 Å². The van der Waals surface area contributed by atoms with Crippen LogP contribution >= 0.6 is 0 Å². The van der Waals surface area contributed by atoms with Gasteiger partial charge in [-0.3, -0.25) is 14.2 Å². The molecule has 0 aromatic carbocycles. The highest BCUT2D eigenvalue weighted by atomic mass is 16.5. The summed E-state index contributed by atoms with van der Waals surface area (Å²) < 4.78 is 6.25. The van der Waals surface area contributed by atoms with Crippen LogP contribution in [0.25, 0.3) is 0 Å². The predicted molar refractivity (Wildman–Crippen MR) is 90.9 cm³/mol. The highest BCUT2D eigenvalue weighted by molar-refractivity contribution is 5.93. The van der Waals surface area contributed by atoms with Gasteiger partial charge in [0.1, 0.15) is 5.56 Å². The number of rotatable bonds is 4. The molecule has 2 fully saturated rings. The third kappa shape index (κ3) is 3.21. The minimum atomic E-state index is -0.577. The first-order chi connectivity index (χ1) is 12.5. The van der Waals surface area contributed by atoms with Crippen molar-refractivity contribution in [3.05, 3.63) is 44.3 Å². The van der Waals surface area contributed by atoms with E-state index in [2.05, 4.69) is 15.1 Å². The van der Waals surface area contributed by atoms with Gasteiger partial charge in [-0.2, -0.15) is 4.98 Å². The highest BCUT2D eigenvalue weighted by Gasteiger charge is 2.31. The van der Waals surface area contributed by atoms with E-state index in [9.17, 15) is 14.4 Å². The largest absolute Gasteiger partial charge is 0.339 e. The predicted octanol–water partition coefficient (Wildman–Crippen LogP) is 0.429. The fourth-order valence-electron chi connectivity index (χ4n) is 3.41. The first-order valence-corrected chi connectivity index (χ1v) is 8.93. The molecule has 0 unspecified atom stereocenters.